The van der Waals surface area contributed by atoms with Crippen LogP contribution in [0.1, 0.15) is 64.5 Å². The summed E-state index contributed by atoms with van der Waals surface area (Å²) in [5, 5.41) is 23.6. The van der Waals surface area contributed by atoms with Crippen LogP contribution in [0.15, 0.2) is 77.3 Å². The molecular weight excluding hydrogens is 600 g/mol. The number of carboxylic acids is 2. The van der Waals surface area contributed by atoms with E-state index in [1.807, 2.05) is 41.3 Å². The molecule has 2 aliphatic rings. The average molecular weight is 631 g/mol. The van der Waals surface area contributed by atoms with Crippen LogP contribution in [0.3, 0.4) is 0 Å². The highest BCUT2D eigenvalue weighted by Gasteiger charge is 2.43. The molecule has 4 heterocycles. The monoisotopic (exact) mass is 630 g/mol. The first-order chi connectivity index (χ1) is 21.1. The van der Waals surface area contributed by atoms with E-state index >= 15 is 0 Å². The second kappa shape index (κ2) is 11.9. The van der Waals surface area contributed by atoms with Crippen molar-refractivity contribution >= 4 is 52.2 Å². The number of thiocarbonyl (C=S) groups is 1. The average Bonchev–Trinajstić information content (AvgIpc) is 3.61. The highest BCUT2D eigenvalue weighted by molar-refractivity contribution is 7.80. The van der Waals surface area contributed by atoms with E-state index in [1.54, 1.807) is 18.3 Å². The molecule has 4 atom stereocenters. The summed E-state index contributed by atoms with van der Waals surface area (Å²) >= 11 is 12.8. The van der Waals surface area contributed by atoms with Gasteiger partial charge in [-0.2, -0.15) is 0 Å². The van der Waals surface area contributed by atoms with Crippen LogP contribution < -0.4 is 15.1 Å². The standard InChI is InChI=1S/C33H31ClN4O5S/c1-18-11-19(2)17-37(16-18)26-7-6-23(15-24(26)34)38-30(29(36-33(38)44)25-5-3-4-10-35-25)28-9-8-27(43-28)20-12-21(31(39)40)14-22(13-20)32(41)42/h3-10,12-15,18-19,29-30H,11,16-17H2,1-2H3,(H,36,44)(H,39,40)(H,41,42)/t18-,19+,29-,30-/m1/s1. The van der Waals surface area contributed by atoms with Gasteiger partial charge in [-0.3, -0.25) is 4.98 Å². The van der Waals surface area contributed by atoms with Gasteiger partial charge in [-0.05, 0) is 91.1 Å². The number of nitrogens with one attached hydrogen (secondary N) is 1. The fourth-order valence-electron chi connectivity index (χ4n) is 6.37. The van der Waals surface area contributed by atoms with Gasteiger partial charge in [0.15, 0.2) is 5.11 Å². The van der Waals surface area contributed by atoms with Gasteiger partial charge in [0.25, 0.3) is 0 Å². The Morgan fingerprint density at radius 3 is 2.30 bits per heavy atom. The molecule has 0 aliphatic carbocycles. The summed E-state index contributed by atoms with van der Waals surface area (Å²) in [6, 6.07) is 18.1. The molecular formula is C33H31ClN4O5S. The number of aromatic carboxylic acids is 2. The normalized spacial score (nSPS) is 21.8. The SMILES string of the molecule is C[C@@H]1C[C@H](C)CN(c2ccc(N3C(=S)N[C@H](c4ccccn4)[C@H]3c3ccc(-c4cc(C(=O)O)cc(C(=O)O)c4)o3)cc2Cl)C1. The van der Waals surface area contributed by atoms with Gasteiger partial charge < -0.3 is 29.7 Å². The second-order valence-corrected chi connectivity index (χ2v) is 12.4. The molecule has 0 spiro atoms. The number of anilines is 2. The van der Waals surface area contributed by atoms with Crippen LogP contribution in [0, 0.1) is 11.8 Å². The Morgan fingerprint density at radius 1 is 0.977 bits per heavy atom. The Kier molecular flexibility index (Phi) is 8.04. The lowest BCUT2D eigenvalue weighted by Gasteiger charge is -2.37. The first kappa shape index (κ1) is 29.7. The molecule has 2 aliphatic heterocycles. The predicted molar refractivity (Wildman–Crippen MR) is 173 cm³/mol. The summed E-state index contributed by atoms with van der Waals surface area (Å²) in [6.07, 6.45) is 2.91. The lowest BCUT2D eigenvalue weighted by Crippen LogP contribution is -2.38. The quantitative estimate of drug-likeness (QED) is 0.183. The van der Waals surface area contributed by atoms with Gasteiger partial charge in [-0.15, -0.1) is 0 Å². The minimum Gasteiger partial charge on any atom is -0.478 e. The second-order valence-electron chi connectivity index (χ2n) is 11.6. The molecule has 11 heteroatoms. The molecule has 3 N–H and O–H groups in total. The zero-order valence-electron chi connectivity index (χ0n) is 24.1. The minimum atomic E-state index is -1.23. The molecule has 2 fully saturated rings. The number of benzene rings is 2. The van der Waals surface area contributed by atoms with E-state index in [9.17, 15) is 19.8 Å². The van der Waals surface area contributed by atoms with E-state index in [4.69, 9.17) is 28.2 Å². The van der Waals surface area contributed by atoms with Crippen LogP contribution in [0.4, 0.5) is 11.4 Å². The van der Waals surface area contributed by atoms with Gasteiger partial charge in [0, 0.05) is 30.5 Å². The maximum absolute atomic E-state index is 11.7. The third kappa shape index (κ3) is 5.75. The first-order valence-electron chi connectivity index (χ1n) is 14.4. The number of rotatable bonds is 7. The summed E-state index contributed by atoms with van der Waals surface area (Å²) in [5.41, 5.74) is 2.54. The van der Waals surface area contributed by atoms with Crippen molar-refractivity contribution < 1.29 is 24.2 Å². The molecule has 2 saturated heterocycles. The lowest BCUT2D eigenvalue weighted by molar-refractivity contribution is 0.0696. The number of piperidine rings is 1. The number of halogens is 1. The van der Waals surface area contributed by atoms with Crippen LogP contribution in [0.5, 0.6) is 0 Å². The molecule has 2 aromatic carbocycles. The van der Waals surface area contributed by atoms with Crippen LogP contribution in [0.25, 0.3) is 11.3 Å². The van der Waals surface area contributed by atoms with Crippen LogP contribution in [-0.2, 0) is 0 Å². The van der Waals surface area contributed by atoms with Gasteiger partial charge in [0.05, 0.1) is 33.6 Å². The van der Waals surface area contributed by atoms with Crippen molar-refractivity contribution in [2.45, 2.75) is 32.4 Å². The summed E-state index contributed by atoms with van der Waals surface area (Å²) in [6.45, 7) is 6.41. The Morgan fingerprint density at radius 2 is 1.68 bits per heavy atom. The third-order valence-electron chi connectivity index (χ3n) is 8.15. The molecule has 0 amide bonds. The third-order valence-corrected chi connectivity index (χ3v) is 8.76. The molecule has 2 aromatic heterocycles. The minimum absolute atomic E-state index is 0.151. The molecule has 4 aromatic rings. The molecule has 0 radical (unpaired) electrons. The molecule has 0 unspecified atom stereocenters. The Hall–Kier alpha value is -4.41. The van der Waals surface area contributed by atoms with E-state index in [1.165, 1.54) is 18.6 Å². The smallest absolute Gasteiger partial charge is 0.335 e. The van der Waals surface area contributed by atoms with Crippen LogP contribution in [0.2, 0.25) is 5.02 Å². The summed E-state index contributed by atoms with van der Waals surface area (Å²) in [7, 11) is 0. The molecule has 44 heavy (non-hydrogen) atoms. The number of pyridine rings is 1. The van der Waals surface area contributed by atoms with E-state index in [2.05, 4.69) is 29.0 Å². The topological polar surface area (TPSA) is 119 Å². The van der Waals surface area contributed by atoms with Crippen molar-refractivity contribution in [2.24, 2.45) is 11.8 Å². The van der Waals surface area contributed by atoms with E-state index < -0.39 is 18.0 Å². The highest BCUT2D eigenvalue weighted by atomic mass is 35.5. The van der Waals surface area contributed by atoms with Gasteiger partial charge >= 0.3 is 11.9 Å². The van der Waals surface area contributed by atoms with Crippen molar-refractivity contribution in [1.29, 1.82) is 0 Å². The van der Waals surface area contributed by atoms with Crippen molar-refractivity contribution in [3.05, 3.63) is 101 Å². The van der Waals surface area contributed by atoms with Crippen molar-refractivity contribution in [3.8, 4) is 11.3 Å². The number of hydrogen-bond acceptors (Lipinski definition) is 6. The number of nitrogens with zero attached hydrogens (tertiary/aromatic N) is 3. The first-order valence-corrected chi connectivity index (χ1v) is 15.1. The number of aromatic nitrogens is 1. The largest absolute Gasteiger partial charge is 0.478 e. The maximum Gasteiger partial charge on any atom is 0.335 e. The van der Waals surface area contributed by atoms with Crippen LogP contribution >= 0.6 is 23.8 Å². The molecule has 0 saturated carbocycles. The fraction of sp³-hybridized carbons (Fsp3) is 0.273. The van der Waals surface area contributed by atoms with Gasteiger partial charge in [0.1, 0.15) is 17.6 Å². The van der Waals surface area contributed by atoms with E-state index in [0.29, 0.717) is 39.1 Å². The fourth-order valence-corrected chi connectivity index (χ4v) is 7.01. The maximum atomic E-state index is 11.7. The van der Waals surface area contributed by atoms with Crippen molar-refractivity contribution in [2.75, 3.05) is 22.9 Å². The van der Waals surface area contributed by atoms with Crippen molar-refractivity contribution in [1.82, 2.24) is 10.3 Å². The summed E-state index contributed by atoms with van der Waals surface area (Å²) < 4.78 is 6.35. The molecule has 9 nitrogen and oxygen atoms in total. The number of furan rings is 1. The molecule has 6 rings (SSSR count). The van der Waals surface area contributed by atoms with Gasteiger partial charge in [-0.25, -0.2) is 9.59 Å². The van der Waals surface area contributed by atoms with Crippen LogP contribution in [-0.4, -0.2) is 45.3 Å². The van der Waals surface area contributed by atoms with Gasteiger partial charge in [-0.1, -0.05) is 31.5 Å². The Labute approximate surface area is 265 Å². The number of carboxylic acid groups (broad SMARTS) is 2. The molecule has 226 valence electrons. The summed E-state index contributed by atoms with van der Waals surface area (Å²) in [5.74, 6) is -0.471. The van der Waals surface area contributed by atoms with Gasteiger partial charge in [0.2, 0.25) is 0 Å². The summed E-state index contributed by atoms with van der Waals surface area (Å²) in [4.78, 5) is 32.3. The van der Waals surface area contributed by atoms with E-state index in [0.717, 1.165) is 36.2 Å². The predicted octanol–water partition coefficient (Wildman–Crippen LogP) is 7.05. The Bertz CT molecular complexity index is 1700. The highest BCUT2D eigenvalue weighted by Crippen LogP contribution is 2.44. The Balaban J connectivity index is 1.40. The molecule has 0 bridgehead atoms. The number of carbonyl (C=O) groups is 2. The zero-order chi connectivity index (χ0) is 31.1. The van der Waals surface area contributed by atoms with Crippen molar-refractivity contribution in [3.63, 3.8) is 0 Å². The van der Waals surface area contributed by atoms with E-state index in [-0.39, 0.29) is 17.2 Å². The lowest BCUT2D eigenvalue weighted by atomic mass is 9.91. The zero-order valence-corrected chi connectivity index (χ0v) is 25.7. The number of hydrogen-bond donors (Lipinski definition) is 3.